The summed E-state index contributed by atoms with van der Waals surface area (Å²) in [6.07, 6.45) is 0.153. The molecule has 0 spiro atoms. The van der Waals surface area contributed by atoms with Crippen LogP contribution in [-0.2, 0) is 21.3 Å². The number of nitrogens with zero attached hydrogens (tertiary/aromatic N) is 2. The number of aryl methyl sites for hydroxylation is 1. The fourth-order valence-electron chi connectivity index (χ4n) is 4.74. The molecule has 2 heterocycles. The Morgan fingerprint density at radius 2 is 1.78 bits per heavy atom. The van der Waals surface area contributed by atoms with Gasteiger partial charge in [0.1, 0.15) is 17.3 Å². The molecule has 1 aliphatic heterocycles. The third-order valence-corrected chi connectivity index (χ3v) is 6.32. The molecule has 0 bridgehead atoms. The Kier molecular flexibility index (Phi) is 7.06. The van der Waals surface area contributed by atoms with Gasteiger partial charge >= 0.3 is 12.1 Å². The van der Waals surface area contributed by atoms with E-state index in [0.717, 1.165) is 16.5 Å². The zero-order valence-corrected chi connectivity index (χ0v) is 21.4. The second kappa shape index (κ2) is 10.0. The molecule has 0 unspecified atom stereocenters. The maximum Gasteiger partial charge on any atom is 0.410 e. The molecule has 1 N–H and O–H groups in total. The van der Waals surface area contributed by atoms with Crippen LogP contribution in [0.2, 0.25) is 0 Å². The van der Waals surface area contributed by atoms with Gasteiger partial charge in [-0.05, 0) is 63.9 Å². The summed E-state index contributed by atoms with van der Waals surface area (Å²) in [6, 6.07) is 16.3. The van der Waals surface area contributed by atoms with Crippen LogP contribution < -0.4 is 5.32 Å². The lowest BCUT2D eigenvalue weighted by Gasteiger charge is -2.30. The summed E-state index contributed by atoms with van der Waals surface area (Å²) in [6.45, 7) is 7.91. The van der Waals surface area contributed by atoms with Crippen LogP contribution >= 0.6 is 0 Å². The van der Waals surface area contributed by atoms with E-state index in [1.165, 1.54) is 4.90 Å². The van der Waals surface area contributed by atoms with E-state index in [0.29, 0.717) is 31.0 Å². The van der Waals surface area contributed by atoms with E-state index in [-0.39, 0.29) is 11.8 Å². The van der Waals surface area contributed by atoms with E-state index in [9.17, 15) is 14.4 Å². The van der Waals surface area contributed by atoms with Gasteiger partial charge in [-0.15, -0.1) is 0 Å². The molecule has 2 aromatic carbocycles. The van der Waals surface area contributed by atoms with Crippen LogP contribution in [0.1, 0.15) is 56.1 Å². The number of carbonyl (C=O) groups excluding carboxylic acids is 3. The molecule has 2 atom stereocenters. The number of hydrogen-bond acceptors (Lipinski definition) is 5. The van der Waals surface area contributed by atoms with Crippen LogP contribution in [-0.4, -0.2) is 52.2 Å². The molecule has 1 saturated heterocycles. The second-order valence-corrected chi connectivity index (χ2v) is 10.00. The van der Waals surface area contributed by atoms with Gasteiger partial charge in [-0.1, -0.05) is 30.3 Å². The number of carbonyl (C=O) groups is 3. The lowest BCUT2D eigenvalue weighted by Crippen LogP contribution is -2.47. The van der Waals surface area contributed by atoms with Crippen molar-refractivity contribution in [3.05, 3.63) is 65.9 Å². The molecule has 8 nitrogen and oxygen atoms in total. The molecule has 0 saturated carbocycles. The zero-order chi connectivity index (χ0) is 26.0. The summed E-state index contributed by atoms with van der Waals surface area (Å²) < 4.78 is 12.5. The van der Waals surface area contributed by atoms with Crippen molar-refractivity contribution >= 4 is 34.6 Å². The highest BCUT2D eigenvalue weighted by molar-refractivity contribution is 6.01. The third-order valence-electron chi connectivity index (χ3n) is 6.32. The van der Waals surface area contributed by atoms with Gasteiger partial charge in [0.05, 0.1) is 6.61 Å². The first-order chi connectivity index (χ1) is 17.1. The number of nitrogens with one attached hydrogen (secondary N) is 1. The number of fused-ring (bicyclic) bond motifs is 1. The summed E-state index contributed by atoms with van der Waals surface area (Å²) in [7, 11) is 1.80. The molecule has 2 amide bonds. The number of esters is 1. The molecule has 0 aliphatic carbocycles. The normalized spacial score (nSPS) is 17.8. The van der Waals surface area contributed by atoms with Crippen LogP contribution in [0.15, 0.2) is 54.6 Å². The zero-order valence-electron chi connectivity index (χ0n) is 21.4. The highest BCUT2D eigenvalue weighted by atomic mass is 16.6. The topological polar surface area (TPSA) is 89.9 Å². The van der Waals surface area contributed by atoms with Gasteiger partial charge < -0.3 is 19.4 Å². The Morgan fingerprint density at radius 3 is 2.44 bits per heavy atom. The van der Waals surface area contributed by atoms with Gasteiger partial charge in [-0.3, -0.25) is 9.69 Å². The quantitative estimate of drug-likeness (QED) is 0.503. The second-order valence-electron chi connectivity index (χ2n) is 10.00. The predicted octanol–water partition coefficient (Wildman–Crippen LogP) is 5.09. The lowest BCUT2D eigenvalue weighted by molar-refractivity contribution is -0.120. The molecule has 0 radical (unpaired) electrons. The van der Waals surface area contributed by atoms with E-state index >= 15 is 0 Å². The molecule has 1 aromatic heterocycles. The number of anilines is 1. The third kappa shape index (κ3) is 5.22. The summed E-state index contributed by atoms with van der Waals surface area (Å²) in [5.74, 6) is -0.839. The summed E-state index contributed by atoms with van der Waals surface area (Å²) >= 11 is 0. The molecule has 190 valence electrons. The SMILES string of the molecule is CCOC(=O)c1cc2cc(NC(=O)[C@@H]3[C@@H](c4ccccc4)CCN3C(=O)OC(C)(C)C)ccc2n1C. The molecule has 36 heavy (non-hydrogen) atoms. The highest BCUT2D eigenvalue weighted by Gasteiger charge is 2.44. The van der Waals surface area contributed by atoms with Crippen LogP contribution in [0.25, 0.3) is 10.9 Å². The molecule has 3 aromatic rings. The van der Waals surface area contributed by atoms with E-state index < -0.39 is 23.7 Å². The maximum absolute atomic E-state index is 13.6. The van der Waals surface area contributed by atoms with Gasteiger partial charge in [-0.25, -0.2) is 9.59 Å². The standard InChI is InChI=1S/C28H33N3O5/c1-6-35-26(33)23-17-19-16-20(12-13-22(19)30(23)5)29-25(32)24-21(18-10-8-7-9-11-18)14-15-31(24)27(34)36-28(2,3)4/h7-13,16-17,21,24H,6,14-15H2,1-5H3,(H,29,32)/t21-,24+/m1/s1. The Bertz CT molecular complexity index is 1280. The van der Waals surface area contributed by atoms with Gasteiger partial charge in [0.2, 0.25) is 5.91 Å². The molecular formula is C28H33N3O5. The number of hydrogen-bond donors (Lipinski definition) is 1. The number of ether oxygens (including phenoxy) is 2. The van der Waals surface area contributed by atoms with Crippen LogP contribution in [0, 0.1) is 0 Å². The number of rotatable bonds is 5. The van der Waals surface area contributed by atoms with Crippen LogP contribution in [0.5, 0.6) is 0 Å². The average Bonchev–Trinajstić information content (AvgIpc) is 3.41. The van der Waals surface area contributed by atoms with Crippen molar-refractivity contribution in [3.63, 3.8) is 0 Å². The maximum atomic E-state index is 13.6. The van der Waals surface area contributed by atoms with Crippen LogP contribution in [0.3, 0.4) is 0 Å². The van der Waals surface area contributed by atoms with E-state index in [1.54, 1.807) is 30.7 Å². The van der Waals surface area contributed by atoms with Gasteiger partial charge in [0.25, 0.3) is 0 Å². The number of likely N-dealkylation sites (tertiary alicyclic amines) is 1. The van der Waals surface area contributed by atoms with Crippen molar-refractivity contribution in [2.24, 2.45) is 7.05 Å². The Balaban J connectivity index is 1.62. The predicted molar refractivity (Wildman–Crippen MR) is 138 cm³/mol. The first-order valence-corrected chi connectivity index (χ1v) is 12.2. The summed E-state index contributed by atoms with van der Waals surface area (Å²) in [5, 5.41) is 3.79. The molecule has 8 heteroatoms. The number of aromatic nitrogens is 1. The fourth-order valence-corrected chi connectivity index (χ4v) is 4.74. The van der Waals surface area contributed by atoms with Crippen molar-refractivity contribution in [2.75, 3.05) is 18.5 Å². The molecule has 4 rings (SSSR count). The van der Waals surface area contributed by atoms with Crippen molar-refractivity contribution in [2.45, 2.75) is 51.7 Å². The first kappa shape index (κ1) is 25.3. The minimum atomic E-state index is -0.719. The molecule has 1 aliphatic rings. The minimum Gasteiger partial charge on any atom is -0.461 e. The summed E-state index contributed by atoms with van der Waals surface area (Å²) in [4.78, 5) is 40.5. The first-order valence-electron chi connectivity index (χ1n) is 12.2. The number of amides is 2. The van der Waals surface area contributed by atoms with E-state index in [2.05, 4.69) is 5.32 Å². The van der Waals surface area contributed by atoms with Gasteiger partial charge in [-0.2, -0.15) is 0 Å². The minimum absolute atomic E-state index is 0.158. The van der Waals surface area contributed by atoms with Gasteiger partial charge in [0, 0.05) is 36.1 Å². The largest absolute Gasteiger partial charge is 0.461 e. The average molecular weight is 492 g/mol. The van der Waals surface area contributed by atoms with Crippen molar-refractivity contribution < 1.29 is 23.9 Å². The van der Waals surface area contributed by atoms with Crippen molar-refractivity contribution in [1.82, 2.24) is 9.47 Å². The Hall–Kier alpha value is -3.81. The Labute approximate surface area is 211 Å². The molecule has 1 fully saturated rings. The molecular weight excluding hydrogens is 458 g/mol. The smallest absolute Gasteiger partial charge is 0.410 e. The summed E-state index contributed by atoms with van der Waals surface area (Å²) in [5.41, 5.74) is 2.19. The van der Waals surface area contributed by atoms with Crippen molar-refractivity contribution in [3.8, 4) is 0 Å². The lowest BCUT2D eigenvalue weighted by atomic mass is 9.91. The van der Waals surface area contributed by atoms with Gasteiger partial charge in [0.15, 0.2) is 0 Å². The van der Waals surface area contributed by atoms with Crippen molar-refractivity contribution in [1.29, 1.82) is 0 Å². The number of benzene rings is 2. The highest BCUT2D eigenvalue weighted by Crippen LogP contribution is 2.35. The van der Waals surface area contributed by atoms with E-state index in [4.69, 9.17) is 9.47 Å². The van der Waals surface area contributed by atoms with E-state index in [1.807, 2.05) is 63.2 Å². The fraction of sp³-hybridized carbons (Fsp3) is 0.393. The monoisotopic (exact) mass is 491 g/mol. The van der Waals surface area contributed by atoms with Crippen LogP contribution in [0.4, 0.5) is 10.5 Å². The Morgan fingerprint density at radius 1 is 1.06 bits per heavy atom.